The Bertz CT molecular complexity index is 82.6. The lowest BCUT2D eigenvalue weighted by molar-refractivity contribution is -0.132. The zero-order chi connectivity index (χ0) is 6.62. The molecular weight excluding hydrogens is 160 g/mol. The Morgan fingerprint density at radius 2 is 2.25 bits per heavy atom. The van der Waals surface area contributed by atoms with Gasteiger partial charge in [0.15, 0.2) is 0 Å². The summed E-state index contributed by atoms with van der Waals surface area (Å²) in [7, 11) is 0. The quantitative estimate of drug-likeness (QED) is 0.377. The third kappa shape index (κ3) is 5.94. The smallest absolute Gasteiger partial charge is 0.277 e. The number of rotatable bonds is 3. The molecule has 0 aliphatic carbocycles. The van der Waals surface area contributed by atoms with Gasteiger partial charge in [0, 0.05) is 0 Å². The third-order valence-corrected chi connectivity index (χ3v) is 0.377. The van der Waals surface area contributed by atoms with Crippen LogP contribution in [0.1, 0.15) is 0 Å². The third-order valence-electron chi connectivity index (χ3n) is 0.223. The molecule has 6 heteroatoms. The maximum atomic E-state index is 11.7. The molecule has 0 unspecified atom stereocenters. The van der Waals surface area contributed by atoms with Crippen molar-refractivity contribution in [3.63, 3.8) is 0 Å². The first-order chi connectivity index (χ1) is 3.56. The fourth-order valence-electron chi connectivity index (χ4n) is 0.0909. The molecule has 0 radical (unpaired) electrons. The molecule has 48 valence electrons. The van der Waals surface area contributed by atoms with E-state index >= 15 is 0 Å². The summed E-state index contributed by atoms with van der Waals surface area (Å²) in [5.41, 5.74) is 1.47. The number of halogens is 3. The summed E-state index contributed by atoms with van der Waals surface area (Å²) in [6.45, 7) is 0. The zero-order valence-electron chi connectivity index (χ0n) is 3.53. The zero-order valence-corrected chi connectivity index (χ0v) is 5.04. The summed E-state index contributed by atoms with van der Waals surface area (Å²) < 4.78 is 8.82. The van der Waals surface area contributed by atoms with Crippen LogP contribution in [-0.4, -0.2) is 11.2 Å². The molecule has 0 bridgehead atoms. The molecule has 0 rings (SSSR count). The Morgan fingerprint density at radius 1 is 1.75 bits per heavy atom. The van der Waals surface area contributed by atoms with Gasteiger partial charge in [0.05, 0.1) is 0 Å². The Labute approximate surface area is 54.7 Å². The van der Waals surface area contributed by atoms with Gasteiger partial charge in [-0.3, -0.25) is 4.79 Å². The second-order valence-electron chi connectivity index (χ2n) is 0.784. The van der Waals surface area contributed by atoms with E-state index in [-0.39, 0.29) is 6.41 Å². The van der Waals surface area contributed by atoms with E-state index in [2.05, 4.69) is 28.0 Å². The van der Waals surface area contributed by atoms with Gasteiger partial charge in [-0.1, -0.05) is 0 Å². The molecule has 8 heavy (non-hydrogen) atoms. The Kier molecular flexibility index (Phi) is 3.04. The van der Waals surface area contributed by atoms with Gasteiger partial charge in [0.25, 0.3) is 0 Å². The molecule has 1 N–H and O–H groups in total. The molecule has 0 atom stereocenters. The molecule has 0 aromatic heterocycles. The van der Waals surface area contributed by atoms with Crippen LogP contribution in [0.5, 0.6) is 0 Å². The summed E-state index contributed by atoms with van der Waals surface area (Å²) in [4.78, 5) is 13.0. The first-order valence-electron chi connectivity index (χ1n) is 1.50. The summed E-state index contributed by atoms with van der Waals surface area (Å²) in [5.74, 6) is 0. The molecule has 3 nitrogen and oxygen atoms in total. The minimum absolute atomic E-state index is 0.0963. The molecule has 0 fully saturated rings. The lowest BCUT2D eigenvalue weighted by atomic mass is 11.4. The molecule has 0 heterocycles. The summed E-state index contributed by atoms with van der Waals surface area (Å²) in [6.07, 6.45) is 0.0963. The van der Waals surface area contributed by atoms with E-state index in [4.69, 9.17) is 0 Å². The number of amides is 1. The van der Waals surface area contributed by atoms with E-state index < -0.39 is 4.77 Å². The highest BCUT2D eigenvalue weighted by molar-refractivity contribution is 6.45. The fourth-order valence-corrected chi connectivity index (χ4v) is 0.180. The largest absolute Gasteiger partial charge is 0.387 e. The molecule has 0 saturated heterocycles. The highest BCUT2D eigenvalue weighted by atomic mass is 35.5. The van der Waals surface area contributed by atoms with Crippen LogP contribution in [0.3, 0.4) is 0 Å². The average molecular weight is 162 g/mol. The van der Waals surface area contributed by atoms with Gasteiger partial charge in [0.1, 0.15) is 0 Å². The molecule has 1 amide bonds. The highest BCUT2D eigenvalue weighted by Crippen LogP contribution is 2.21. The summed E-state index contributed by atoms with van der Waals surface area (Å²) >= 11 is 9.13. The van der Waals surface area contributed by atoms with Crippen molar-refractivity contribution in [2.24, 2.45) is 0 Å². The first-order valence-corrected chi connectivity index (χ1v) is 2.26. The van der Waals surface area contributed by atoms with Crippen LogP contribution in [0, 0.1) is 0 Å². The Morgan fingerprint density at radius 3 is 2.38 bits per heavy atom. The van der Waals surface area contributed by atoms with Gasteiger partial charge in [-0.25, -0.2) is 10.3 Å². The fraction of sp³-hybridized carbons (Fsp3) is 0.500. The van der Waals surface area contributed by atoms with Crippen molar-refractivity contribution in [1.29, 1.82) is 0 Å². The highest BCUT2D eigenvalue weighted by Gasteiger charge is 2.22. The minimum atomic E-state index is -2.85. The average Bonchev–Trinajstić information content (AvgIpc) is 1.59. The number of nitrogens with one attached hydrogen (secondary N) is 1. The van der Waals surface area contributed by atoms with Crippen molar-refractivity contribution < 1.29 is 14.0 Å². The molecule has 0 aromatic carbocycles. The van der Waals surface area contributed by atoms with E-state index in [1.54, 1.807) is 0 Å². The second kappa shape index (κ2) is 3.06. The molecule has 0 aromatic rings. The van der Waals surface area contributed by atoms with Crippen molar-refractivity contribution in [3.05, 3.63) is 0 Å². The second-order valence-corrected chi connectivity index (χ2v) is 1.95. The maximum Gasteiger partial charge on any atom is 0.387 e. The number of carbonyl (C=O) groups excluding carboxylic acids is 1. The van der Waals surface area contributed by atoms with Crippen LogP contribution < -0.4 is 5.48 Å². The van der Waals surface area contributed by atoms with Crippen LogP contribution in [0.15, 0.2) is 0 Å². The maximum absolute atomic E-state index is 11.7. The number of carbonyl (C=O) groups is 1. The van der Waals surface area contributed by atoms with E-state index in [1.807, 2.05) is 0 Å². The Balaban J connectivity index is 3.24. The molecule has 0 aliphatic rings. The van der Waals surface area contributed by atoms with Crippen LogP contribution in [0.4, 0.5) is 4.39 Å². The number of alkyl halides is 3. The first kappa shape index (κ1) is 7.94. The van der Waals surface area contributed by atoms with Crippen LogP contribution in [0.25, 0.3) is 0 Å². The molecule has 0 saturated carbocycles. The van der Waals surface area contributed by atoms with Gasteiger partial charge in [-0.05, 0) is 23.2 Å². The van der Waals surface area contributed by atoms with E-state index in [0.29, 0.717) is 0 Å². The summed E-state index contributed by atoms with van der Waals surface area (Å²) in [6, 6.07) is 0. The van der Waals surface area contributed by atoms with Crippen LogP contribution >= 0.6 is 23.2 Å². The van der Waals surface area contributed by atoms with Crippen molar-refractivity contribution in [2.75, 3.05) is 0 Å². The van der Waals surface area contributed by atoms with Gasteiger partial charge >= 0.3 is 4.77 Å². The van der Waals surface area contributed by atoms with Crippen LogP contribution in [0.2, 0.25) is 0 Å². The van der Waals surface area contributed by atoms with Crippen molar-refractivity contribution >= 4 is 29.6 Å². The SMILES string of the molecule is O=CNOC(F)(Cl)Cl. The van der Waals surface area contributed by atoms with Gasteiger partial charge in [-0.2, -0.15) is 4.39 Å². The van der Waals surface area contributed by atoms with Gasteiger partial charge < -0.3 is 0 Å². The topological polar surface area (TPSA) is 38.3 Å². The standard InChI is InChI=1S/C2H2Cl2FNO2/c3-2(4,5)8-6-1-7/h1H,(H,6,7). The lowest BCUT2D eigenvalue weighted by Gasteiger charge is -2.05. The Hall–Kier alpha value is -0.0600. The van der Waals surface area contributed by atoms with Crippen molar-refractivity contribution in [2.45, 2.75) is 4.77 Å². The monoisotopic (exact) mass is 161 g/mol. The van der Waals surface area contributed by atoms with E-state index in [9.17, 15) is 9.18 Å². The predicted molar refractivity (Wildman–Crippen MR) is 25.8 cm³/mol. The van der Waals surface area contributed by atoms with Gasteiger partial charge in [0.2, 0.25) is 6.41 Å². The van der Waals surface area contributed by atoms with E-state index in [1.165, 1.54) is 5.48 Å². The minimum Gasteiger partial charge on any atom is -0.277 e. The number of hydrogen-bond donors (Lipinski definition) is 1. The number of hydroxylamine groups is 1. The normalized spacial score (nSPS) is 10.9. The van der Waals surface area contributed by atoms with Crippen LogP contribution in [-0.2, 0) is 9.63 Å². The van der Waals surface area contributed by atoms with Crippen molar-refractivity contribution in [1.82, 2.24) is 5.48 Å². The van der Waals surface area contributed by atoms with Gasteiger partial charge in [-0.15, -0.1) is 0 Å². The predicted octanol–water partition coefficient (Wildman–Crippen LogP) is 0.722. The lowest BCUT2D eigenvalue weighted by Crippen LogP contribution is -2.22. The number of hydrogen-bond acceptors (Lipinski definition) is 2. The molecule has 0 spiro atoms. The summed E-state index contributed by atoms with van der Waals surface area (Å²) in [5, 5.41) is 0. The molecular formula is C2H2Cl2FNO2. The van der Waals surface area contributed by atoms with E-state index in [0.717, 1.165) is 0 Å². The molecule has 0 aliphatic heterocycles. The van der Waals surface area contributed by atoms with Crippen molar-refractivity contribution in [3.8, 4) is 0 Å².